The lowest BCUT2D eigenvalue weighted by molar-refractivity contribution is -0.141. The maximum Gasteiger partial charge on any atom is 0.326 e. The van der Waals surface area contributed by atoms with Crippen LogP contribution in [0, 0.1) is 0 Å². The van der Waals surface area contributed by atoms with Crippen LogP contribution >= 0.6 is 0 Å². The van der Waals surface area contributed by atoms with Gasteiger partial charge in [-0.2, -0.15) is 0 Å². The molecule has 2 aromatic rings. The van der Waals surface area contributed by atoms with Gasteiger partial charge in [0.05, 0.1) is 0 Å². The highest BCUT2D eigenvalue weighted by Gasteiger charge is 2.30. The molecule has 6 heteroatoms. The molecule has 1 fully saturated rings. The molecule has 1 aliphatic carbocycles. The number of aliphatic carboxylic acids is 1. The molecule has 0 saturated heterocycles. The summed E-state index contributed by atoms with van der Waals surface area (Å²) in [4.78, 5) is 34.2. The minimum atomic E-state index is -1.05. The maximum absolute atomic E-state index is 12.9. The van der Waals surface area contributed by atoms with E-state index < -0.39 is 17.9 Å². The van der Waals surface area contributed by atoms with Crippen molar-refractivity contribution in [1.29, 1.82) is 0 Å². The zero-order chi connectivity index (χ0) is 17.1. The lowest BCUT2D eigenvalue weighted by atomic mass is 10.1. The lowest BCUT2D eigenvalue weighted by Gasteiger charge is -2.26. The standard InChI is InChI=1S/C18H19N3O3/c1-12(18(23)24)21(11-13-5-3-2-4-6-13)17(22)15-9-10-19-16(20-15)14-7-8-14/h2-6,9-10,12,14H,7-8,11H2,1H3,(H,23,24). The third-order valence-electron chi connectivity index (χ3n) is 4.12. The molecule has 1 unspecified atom stereocenters. The van der Waals surface area contributed by atoms with Gasteiger partial charge in [-0.05, 0) is 31.4 Å². The van der Waals surface area contributed by atoms with E-state index in [1.165, 1.54) is 11.8 Å². The fraction of sp³-hybridized carbons (Fsp3) is 0.333. The Morgan fingerprint density at radius 2 is 1.96 bits per heavy atom. The third-order valence-corrected chi connectivity index (χ3v) is 4.12. The van der Waals surface area contributed by atoms with Gasteiger partial charge in [-0.15, -0.1) is 0 Å². The molecule has 1 aliphatic rings. The zero-order valence-electron chi connectivity index (χ0n) is 13.4. The molecule has 1 saturated carbocycles. The summed E-state index contributed by atoms with van der Waals surface area (Å²) < 4.78 is 0. The second kappa shape index (κ2) is 6.78. The molecule has 0 aliphatic heterocycles. The number of benzene rings is 1. The van der Waals surface area contributed by atoms with E-state index in [-0.39, 0.29) is 12.2 Å². The number of hydrogen-bond donors (Lipinski definition) is 1. The summed E-state index contributed by atoms with van der Waals surface area (Å²) in [6.07, 6.45) is 3.65. The Morgan fingerprint density at radius 3 is 2.58 bits per heavy atom. The Kier molecular flexibility index (Phi) is 4.55. The summed E-state index contributed by atoms with van der Waals surface area (Å²) in [5.74, 6) is -0.436. The predicted molar refractivity (Wildman–Crippen MR) is 87.4 cm³/mol. The van der Waals surface area contributed by atoms with E-state index in [9.17, 15) is 14.7 Å². The summed E-state index contributed by atoms with van der Waals surface area (Å²) in [5.41, 5.74) is 1.12. The Morgan fingerprint density at radius 1 is 1.25 bits per heavy atom. The van der Waals surface area contributed by atoms with E-state index in [4.69, 9.17) is 0 Å². The molecular formula is C18H19N3O3. The van der Waals surface area contributed by atoms with Crippen molar-refractivity contribution < 1.29 is 14.7 Å². The molecule has 124 valence electrons. The van der Waals surface area contributed by atoms with Crippen molar-refractivity contribution >= 4 is 11.9 Å². The molecule has 1 heterocycles. The molecule has 1 N–H and O–H groups in total. The largest absolute Gasteiger partial charge is 0.480 e. The number of amides is 1. The topological polar surface area (TPSA) is 83.4 Å². The number of carbonyl (C=O) groups excluding carboxylic acids is 1. The molecule has 24 heavy (non-hydrogen) atoms. The van der Waals surface area contributed by atoms with Gasteiger partial charge < -0.3 is 10.0 Å². The number of rotatable bonds is 6. The van der Waals surface area contributed by atoms with Crippen molar-refractivity contribution in [3.8, 4) is 0 Å². The third kappa shape index (κ3) is 3.59. The van der Waals surface area contributed by atoms with Gasteiger partial charge in [0, 0.05) is 18.7 Å². The SMILES string of the molecule is CC(C(=O)O)N(Cc1ccccc1)C(=O)c1ccnc(C2CC2)n1. The Bertz CT molecular complexity index is 744. The second-order valence-electron chi connectivity index (χ2n) is 6.01. The molecule has 3 rings (SSSR count). The minimum absolute atomic E-state index is 0.218. The minimum Gasteiger partial charge on any atom is -0.480 e. The first-order chi connectivity index (χ1) is 11.6. The van der Waals surface area contributed by atoms with E-state index in [2.05, 4.69) is 9.97 Å². The maximum atomic E-state index is 12.9. The summed E-state index contributed by atoms with van der Waals surface area (Å²) in [6.45, 7) is 1.72. The number of hydrogen-bond acceptors (Lipinski definition) is 4. The molecule has 1 aromatic heterocycles. The number of nitrogens with zero attached hydrogens (tertiary/aromatic N) is 3. The van der Waals surface area contributed by atoms with Crippen molar-refractivity contribution in [2.45, 2.75) is 38.3 Å². The molecule has 1 amide bonds. The first-order valence-corrected chi connectivity index (χ1v) is 7.97. The average Bonchev–Trinajstić information content (AvgIpc) is 3.44. The predicted octanol–water partition coefficient (Wildman–Crippen LogP) is 2.47. The molecule has 0 radical (unpaired) electrons. The molecule has 6 nitrogen and oxygen atoms in total. The van der Waals surface area contributed by atoms with Crippen molar-refractivity contribution in [2.75, 3.05) is 0 Å². The number of carbonyl (C=O) groups is 2. The van der Waals surface area contributed by atoms with Gasteiger partial charge in [-0.25, -0.2) is 14.8 Å². The van der Waals surface area contributed by atoms with Crippen LogP contribution in [-0.4, -0.2) is 37.9 Å². The number of aromatic nitrogens is 2. The van der Waals surface area contributed by atoms with Crippen LogP contribution in [0.25, 0.3) is 0 Å². The van der Waals surface area contributed by atoms with E-state index in [0.29, 0.717) is 11.7 Å². The molecular weight excluding hydrogens is 306 g/mol. The zero-order valence-corrected chi connectivity index (χ0v) is 13.4. The Balaban J connectivity index is 1.87. The first kappa shape index (κ1) is 16.1. The van der Waals surface area contributed by atoms with E-state index in [1.54, 1.807) is 12.3 Å². The highest BCUT2D eigenvalue weighted by Crippen LogP contribution is 2.37. The average molecular weight is 325 g/mol. The smallest absolute Gasteiger partial charge is 0.326 e. The monoisotopic (exact) mass is 325 g/mol. The van der Waals surface area contributed by atoms with Gasteiger partial charge in [-0.3, -0.25) is 4.79 Å². The van der Waals surface area contributed by atoms with Gasteiger partial charge in [0.2, 0.25) is 0 Å². The van der Waals surface area contributed by atoms with Gasteiger partial charge in [0.25, 0.3) is 5.91 Å². The Labute approximate surface area is 140 Å². The van der Waals surface area contributed by atoms with Gasteiger partial charge >= 0.3 is 5.97 Å². The van der Waals surface area contributed by atoms with Crippen molar-refractivity contribution in [3.63, 3.8) is 0 Å². The van der Waals surface area contributed by atoms with Crippen LogP contribution in [0.3, 0.4) is 0 Å². The van der Waals surface area contributed by atoms with Crippen LogP contribution in [-0.2, 0) is 11.3 Å². The second-order valence-corrected chi connectivity index (χ2v) is 6.01. The highest BCUT2D eigenvalue weighted by atomic mass is 16.4. The quantitative estimate of drug-likeness (QED) is 0.882. The van der Waals surface area contributed by atoms with E-state index in [0.717, 1.165) is 18.4 Å². The van der Waals surface area contributed by atoms with Gasteiger partial charge in [-0.1, -0.05) is 30.3 Å². The fourth-order valence-corrected chi connectivity index (χ4v) is 2.48. The van der Waals surface area contributed by atoms with Crippen LogP contribution < -0.4 is 0 Å². The van der Waals surface area contributed by atoms with Crippen LogP contribution in [0.4, 0.5) is 0 Å². The summed E-state index contributed by atoms with van der Waals surface area (Å²) >= 11 is 0. The lowest BCUT2D eigenvalue weighted by Crippen LogP contribution is -2.43. The number of carboxylic acids is 1. The first-order valence-electron chi connectivity index (χ1n) is 7.97. The molecule has 1 atom stereocenters. The fourth-order valence-electron chi connectivity index (χ4n) is 2.48. The number of carboxylic acid groups (broad SMARTS) is 1. The normalized spacial score (nSPS) is 14.9. The molecule has 1 aromatic carbocycles. The van der Waals surface area contributed by atoms with E-state index >= 15 is 0 Å². The van der Waals surface area contributed by atoms with Crippen LogP contribution in [0.2, 0.25) is 0 Å². The summed E-state index contributed by atoms with van der Waals surface area (Å²) in [5, 5.41) is 9.35. The van der Waals surface area contributed by atoms with Crippen LogP contribution in [0.5, 0.6) is 0 Å². The Hall–Kier alpha value is -2.76. The summed E-state index contributed by atoms with van der Waals surface area (Å²) in [6, 6.07) is 9.92. The van der Waals surface area contributed by atoms with E-state index in [1.807, 2.05) is 30.3 Å². The van der Waals surface area contributed by atoms with Gasteiger partial charge in [0.15, 0.2) is 0 Å². The molecule has 0 bridgehead atoms. The highest BCUT2D eigenvalue weighted by molar-refractivity contribution is 5.94. The van der Waals surface area contributed by atoms with Gasteiger partial charge in [0.1, 0.15) is 17.6 Å². The van der Waals surface area contributed by atoms with Crippen molar-refractivity contribution in [1.82, 2.24) is 14.9 Å². The summed E-state index contributed by atoms with van der Waals surface area (Å²) in [7, 11) is 0. The van der Waals surface area contributed by atoms with Crippen LogP contribution in [0.1, 0.15) is 47.6 Å². The van der Waals surface area contributed by atoms with Crippen LogP contribution in [0.15, 0.2) is 42.6 Å². The van der Waals surface area contributed by atoms with Crippen molar-refractivity contribution in [3.05, 3.63) is 59.7 Å². The van der Waals surface area contributed by atoms with Crippen molar-refractivity contribution in [2.24, 2.45) is 0 Å². The molecule has 0 spiro atoms.